The third-order valence-corrected chi connectivity index (χ3v) is 2.79. The molecule has 0 atom stereocenters. The Morgan fingerprint density at radius 3 is 2.88 bits per heavy atom. The SMILES string of the molecule is CCn1nc(C)cc1COc1cncc(Br)c1. The van der Waals surface area contributed by atoms with Gasteiger partial charge in [0.25, 0.3) is 0 Å². The molecule has 0 N–H and O–H groups in total. The van der Waals surface area contributed by atoms with E-state index in [9.17, 15) is 0 Å². The van der Waals surface area contributed by atoms with Crippen molar-refractivity contribution < 1.29 is 4.74 Å². The predicted octanol–water partition coefficient (Wildman–Crippen LogP) is 2.95. The molecule has 0 saturated heterocycles. The number of nitrogens with zero attached hydrogens (tertiary/aromatic N) is 3. The summed E-state index contributed by atoms with van der Waals surface area (Å²) in [6.45, 7) is 5.41. The Labute approximate surface area is 109 Å². The lowest BCUT2D eigenvalue weighted by atomic mass is 10.4. The molecule has 0 bridgehead atoms. The van der Waals surface area contributed by atoms with Crippen LogP contribution in [-0.2, 0) is 13.2 Å². The van der Waals surface area contributed by atoms with Crippen LogP contribution in [0, 0.1) is 6.92 Å². The largest absolute Gasteiger partial charge is 0.486 e. The Hall–Kier alpha value is -1.36. The van der Waals surface area contributed by atoms with Gasteiger partial charge in [-0.25, -0.2) is 0 Å². The molecule has 0 aliphatic carbocycles. The molecule has 2 rings (SSSR count). The fourth-order valence-electron chi connectivity index (χ4n) is 1.62. The monoisotopic (exact) mass is 295 g/mol. The number of rotatable bonds is 4. The molecule has 0 amide bonds. The van der Waals surface area contributed by atoms with Gasteiger partial charge in [-0.1, -0.05) is 0 Å². The van der Waals surface area contributed by atoms with Crippen LogP contribution in [0.15, 0.2) is 29.0 Å². The highest BCUT2D eigenvalue weighted by Crippen LogP contribution is 2.17. The number of pyridine rings is 1. The van der Waals surface area contributed by atoms with E-state index in [-0.39, 0.29) is 0 Å². The molecule has 2 aromatic heterocycles. The van der Waals surface area contributed by atoms with Gasteiger partial charge >= 0.3 is 0 Å². The molecule has 0 aliphatic rings. The average Bonchev–Trinajstić information content (AvgIpc) is 2.67. The van der Waals surface area contributed by atoms with Gasteiger partial charge < -0.3 is 4.74 Å². The first kappa shape index (κ1) is 12.1. The second-order valence-corrected chi connectivity index (χ2v) is 4.64. The molecule has 0 fully saturated rings. The molecule has 2 heterocycles. The Balaban J connectivity index is 2.06. The summed E-state index contributed by atoms with van der Waals surface area (Å²) in [5, 5.41) is 4.37. The van der Waals surface area contributed by atoms with E-state index < -0.39 is 0 Å². The van der Waals surface area contributed by atoms with Gasteiger partial charge in [0.15, 0.2) is 0 Å². The average molecular weight is 296 g/mol. The highest BCUT2D eigenvalue weighted by Gasteiger charge is 2.05. The fraction of sp³-hybridized carbons (Fsp3) is 0.333. The van der Waals surface area contributed by atoms with E-state index in [0.717, 1.165) is 28.2 Å². The molecule has 5 heteroatoms. The summed E-state index contributed by atoms with van der Waals surface area (Å²) in [4.78, 5) is 4.05. The third kappa shape index (κ3) is 3.06. The molecule has 0 aromatic carbocycles. The molecule has 90 valence electrons. The van der Waals surface area contributed by atoms with E-state index in [2.05, 4.69) is 32.9 Å². The molecule has 0 saturated carbocycles. The first-order valence-electron chi connectivity index (χ1n) is 5.45. The first-order chi connectivity index (χ1) is 8.19. The molecule has 0 spiro atoms. The summed E-state index contributed by atoms with van der Waals surface area (Å²) >= 11 is 3.36. The van der Waals surface area contributed by atoms with Gasteiger partial charge in [-0.05, 0) is 41.9 Å². The van der Waals surface area contributed by atoms with Crippen molar-refractivity contribution in [2.45, 2.75) is 27.0 Å². The fourth-order valence-corrected chi connectivity index (χ4v) is 1.96. The van der Waals surface area contributed by atoms with Gasteiger partial charge in [0.2, 0.25) is 0 Å². The van der Waals surface area contributed by atoms with Crippen molar-refractivity contribution in [2.24, 2.45) is 0 Å². The van der Waals surface area contributed by atoms with Crippen molar-refractivity contribution >= 4 is 15.9 Å². The van der Waals surface area contributed by atoms with Gasteiger partial charge in [-0.15, -0.1) is 0 Å². The van der Waals surface area contributed by atoms with Crippen LogP contribution < -0.4 is 4.74 Å². The maximum Gasteiger partial charge on any atom is 0.139 e. The van der Waals surface area contributed by atoms with Crippen LogP contribution in [0.25, 0.3) is 0 Å². The van der Waals surface area contributed by atoms with E-state index in [0.29, 0.717) is 6.61 Å². The minimum absolute atomic E-state index is 0.507. The summed E-state index contributed by atoms with van der Waals surface area (Å²) in [5.41, 5.74) is 2.09. The third-order valence-electron chi connectivity index (χ3n) is 2.35. The summed E-state index contributed by atoms with van der Waals surface area (Å²) in [7, 11) is 0. The van der Waals surface area contributed by atoms with Crippen molar-refractivity contribution in [2.75, 3.05) is 0 Å². The second-order valence-electron chi connectivity index (χ2n) is 3.72. The molecule has 4 nitrogen and oxygen atoms in total. The van der Waals surface area contributed by atoms with Crippen molar-refractivity contribution in [3.63, 3.8) is 0 Å². The predicted molar refractivity (Wildman–Crippen MR) is 68.9 cm³/mol. The Kier molecular flexibility index (Phi) is 3.78. The number of hydrogen-bond acceptors (Lipinski definition) is 3. The van der Waals surface area contributed by atoms with E-state index in [1.54, 1.807) is 12.4 Å². The van der Waals surface area contributed by atoms with Crippen LogP contribution in [0.3, 0.4) is 0 Å². The van der Waals surface area contributed by atoms with Gasteiger partial charge in [-0.3, -0.25) is 9.67 Å². The topological polar surface area (TPSA) is 39.9 Å². The molecule has 0 unspecified atom stereocenters. The molecule has 17 heavy (non-hydrogen) atoms. The van der Waals surface area contributed by atoms with Gasteiger partial charge in [0.1, 0.15) is 12.4 Å². The van der Waals surface area contributed by atoms with Crippen LogP contribution in [-0.4, -0.2) is 14.8 Å². The summed E-state index contributed by atoms with van der Waals surface area (Å²) < 4.78 is 8.53. The zero-order valence-corrected chi connectivity index (χ0v) is 11.4. The van der Waals surface area contributed by atoms with E-state index in [1.165, 1.54) is 0 Å². The lowest BCUT2D eigenvalue weighted by Gasteiger charge is -2.07. The maximum absolute atomic E-state index is 5.68. The smallest absolute Gasteiger partial charge is 0.139 e. The van der Waals surface area contributed by atoms with Crippen molar-refractivity contribution in [1.29, 1.82) is 0 Å². The standard InChI is InChI=1S/C12H14BrN3O/c1-3-16-11(4-9(2)15-16)8-17-12-5-10(13)6-14-7-12/h4-7H,3,8H2,1-2H3. The number of aryl methyl sites for hydroxylation is 2. The highest BCUT2D eigenvalue weighted by atomic mass is 79.9. The van der Waals surface area contributed by atoms with Crippen molar-refractivity contribution in [3.8, 4) is 5.75 Å². The van der Waals surface area contributed by atoms with Crippen LogP contribution in [0.5, 0.6) is 5.75 Å². The zero-order valence-electron chi connectivity index (χ0n) is 9.85. The zero-order chi connectivity index (χ0) is 12.3. The summed E-state index contributed by atoms with van der Waals surface area (Å²) in [6.07, 6.45) is 3.43. The minimum Gasteiger partial charge on any atom is -0.486 e. The molecular formula is C12H14BrN3O. The van der Waals surface area contributed by atoms with E-state index in [1.807, 2.05) is 23.7 Å². The number of hydrogen-bond donors (Lipinski definition) is 0. The molecule has 2 aromatic rings. The van der Waals surface area contributed by atoms with Gasteiger partial charge in [0, 0.05) is 17.2 Å². The van der Waals surface area contributed by atoms with E-state index >= 15 is 0 Å². The van der Waals surface area contributed by atoms with Crippen LogP contribution in [0.4, 0.5) is 0 Å². The Bertz CT molecular complexity index is 510. The minimum atomic E-state index is 0.507. The molecular weight excluding hydrogens is 282 g/mol. The number of aromatic nitrogens is 3. The summed E-state index contributed by atoms with van der Waals surface area (Å²) in [6, 6.07) is 3.93. The molecule has 0 aliphatic heterocycles. The normalized spacial score (nSPS) is 10.5. The Morgan fingerprint density at radius 1 is 1.35 bits per heavy atom. The van der Waals surface area contributed by atoms with Gasteiger partial charge in [0.05, 0.1) is 17.6 Å². The highest BCUT2D eigenvalue weighted by molar-refractivity contribution is 9.10. The first-order valence-corrected chi connectivity index (χ1v) is 6.25. The summed E-state index contributed by atoms with van der Waals surface area (Å²) in [5.74, 6) is 0.751. The number of ether oxygens (including phenoxy) is 1. The van der Waals surface area contributed by atoms with Crippen molar-refractivity contribution in [1.82, 2.24) is 14.8 Å². The maximum atomic E-state index is 5.68. The van der Waals surface area contributed by atoms with Crippen molar-refractivity contribution in [3.05, 3.63) is 40.4 Å². The number of halogens is 1. The van der Waals surface area contributed by atoms with Crippen LogP contribution >= 0.6 is 15.9 Å². The Morgan fingerprint density at radius 2 is 2.18 bits per heavy atom. The lowest BCUT2D eigenvalue weighted by molar-refractivity contribution is 0.291. The quantitative estimate of drug-likeness (QED) is 0.871. The molecule has 0 radical (unpaired) electrons. The van der Waals surface area contributed by atoms with Crippen LogP contribution in [0.1, 0.15) is 18.3 Å². The lowest BCUT2D eigenvalue weighted by Crippen LogP contribution is -2.06. The second kappa shape index (κ2) is 5.31. The van der Waals surface area contributed by atoms with Crippen LogP contribution in [0.2, 0.25) is 0 Å². The van der Waals surface area contributed by atoms with E-state index in [4.69, 9.17) is 4.74 Å². The van der Waals surface area contributed by atoms with Gasteiger partial charge in [-0.2, -0.15) is 5.10 Å².